The SMILES string of the molecule is O=C(CN1CCC(N2CCNCCNCCNCC2)C1=O)OCc1ccccc1. The van der Waals surface area contributed by atoms with Crippen LogP contribution in [0.5, 0.6) is 0 Å². The quantitative estimate of drug-likeness (QED) is 0.567. The van der Waals surface area contributed by atoms with E-state index in [2.05, 4.69) is 20.9 Å². The first-order valence-corrected chi connectivity index (χ1v) is 10.6. The molecule has 2 aliphatic rings. The van der Waals surface area contributed by atoms with Crippen LogP contribution in [-0.2, 0) is 20.9 Å². The smallest absolute Gasteiger partial charge is 0.325 e. The van der Waals surface area contributed by atoms with E-state index in [9.17, 15) is 9.59 Å². The maximum Gasteiger partial charge on any atom is 0.325 e. The summed E-state index contributed by atoms with van der Waals surface area (Å²) < 4.78 is 5.34. The molecule has 0 aromatic heterocycles. The summed E-state index contributed by atoms with van der Waals surface area (Å²) in [6.07, 6.45) is 0.756. The van der Waals surface area contributed by atoms with Gasteiger partial charge >= 0.3 is 5.97 Å². The summed E-state index contributed by atoms with van der Waals surface area (Å²) in [5.41, 5.74) is 0.945. The molecule has 2 aliphatic heterocycles. The molecule has 0 saturated carbocycles. The number of nitrogens with zero attached hydrogens (tertiary/aromatic N) is 2. The zero-order valence-corrected chi connectivity index (χ0v) is 17.1. The molecule has 0 spiro atoms. The Morgan fingerprint density at radius 1 is 0.931 bits per heavy atom. The molecule has 160 valence electrons. The second kappa shape index (κ2) is 11.9. The van der Waals surface area contributed by atoms with E-state index in [1.807, 2.05) is 30.3 Å². The minimum absolute atomic E-state index is 0.0260. The van der Waals surface area contributed by atoms with Gasteiger partial charge in [-0.25, -0.2) is 0 Å². The van der Waals surface area contributed by atoms with Crippen LogP contribution < -0.4 is 16.0 Å². The Bertz CT molecular complexity index is 630. The van der Waals surface area contributed by atoms with Crippen molar-refractivity contribution in [2.24, 2.45) is 0 Å². The number of hydrogen-bond donors (Lipinski definition) is 3. The lowest BCUT2D eigenvalue weighted by atomic mass is 10.2. The number of benzene rings is 1. The highest BCUT2D eigenvalue weighted by atomic mass is 16.5. The van der Waals surface area contributed by atoms with Crippen LogP contribution in [0.1, 0.15) is 12.0 Å². The van der Waals surface area contributed by atoms with Crippen molar-refractivity contribution in [1.82, 2.24) is 25.8 Å². The van der Waals surface area contributed by atoms with Crippen molar-refractivity contribution in [3.63, 3.8) is 0 Å². The number of rotatable bonds is 5. The van der Waals surface area contributed by atoms with Crippen LogP contribution in [0.2, 0.25) is 0 Å². The lowest BCUT2D eigenvalue weighted by molar-refractivity contribution is -0.149. The predicted octanol–water partition coefficient (Wildman–Crippen LogP) is -0.585. The maximum absolute atomic E-state index is 12.9. The second-order valence-electron chi connectivity index (χ2n) is 7.50. The van der Waals surface area contributed by atoms with Gasteiger partial charge in [0.1, 0.15) is 13.2 Å². The summed E-state index contributed by atoms with van der Waals surface area (Å²) in [5.74, 6) is -0.317. The molecular weight excluding hydrogens is 370 g/mol. The van der Waals surface area contributed by atoms with Gasteiger partial charge in [-0.05, 0) is 12.0 Å². The van der Waals surface area contributed by atoms with E-state index >= 15 is 0 Å². The Morgan fingerprint density at radius 3 is 2.21 bits per heavy atom. The summed E-state index contributed by atoms with van der Waals surface area (Å²) in [6.45, 7) is 7.96. The molecule has 3 N–H and O–H groups in total. The first-order valence-electron chi connectivity index (χ1n) is 10.6. The van der Waals surface area contributed by atoms with Crippen molar-refractivity contribution in [1.29, 1.82) is 0 Å². The lowest BCUT2D eigenvalue weighted by Crippen LogP contribution is -2.49. The molecule has 1 amide bonds. The van der Waals surface area contributed by atoms with Crippen molar-refractivity contribution in [3.8, 4) is 0 Å². The Labute approximate surface area is 172 Å². The fourth-order valence-electron chi connectivity index (χ4n) is 3.76. The molecular formula is C21H33N5O3. The zero-order chi connectivity index (χ0) is 20.3. The number of nitrogens with one attached hydrogen (secondary N) is 3. The Kier molecular flexibility index (Phi) is 8.88. The summed E-state index contributed by atoms with van der Waals surface area (Å²) in [7, 11) is 0. The van der Waals surface area contributed by atoms with E-state index in [0.29, 0.717) is 6.54 Å². The van der Waals surface area contributed by atoms with Crippen molar-refractivity contribution < 1.29 is 14.3 Å². The van der Waals surface area contributed by atoms with E-state index in [1.54, 1.807) is 4.90 Å². The van der Waals surface area contributed by atoms with Crippen molar-refractivity contribution in [3.05, 3.63) is 35.9 Å². The number of carbonyl (C=O) groups excluding carboxylic acids is 2. The number of carbonyl (C=O) groups is 2. The number of esters is 1. The monoisotopic (exact) mass is 403 g/mol. The highest BCUT2D eigenvalue weighted by molar-refractivity contribution is 5.87. The average molecular weight is 404 g/mol. The third-order valence-corrected chi connectivity index (χ3v) is 5.38. The Morgan fingerprint density at radius 2 is 1.55 bits per heavy atom. The first-order chi connectivity index (χ1) is 14.2. The molecule has 8 heteroatoms. The number of amides is 1. The van der Waals surface area contributed by atoms with Gasteiger partial charge in [0.05, 0.1) is 6.04 Å². The molecule has 1 atom stereocenters. The molecule has 0 aliphatic carbocycles. The van der Waals surface area contributed by atoms with Crippen LogP contribution in [-0.4, -0.2) is 93.2 Å². The second-order valence-corrected chi connectivity index (χ2v) is 7.50. The van der Waals surface area contributed by atoms with Crippen LogP contribution in [0, 0.1) is 0 Å². The van der Waals surface area contributed by atoms with Crippen LogP contribution in [0.25, 0.3) is 0 Å². The topological polar surface area (TPSA) is 85.9 Å². The van der Waals surface area contributed by atoms with Gasteiger partial charge in [0.2, 0.25) is 5.91 Å². The number of ether oxygens (including phenoxy) is 1. The van der Waals surface area contributed by atoms with Gasteiger partial charge in [-0.3, -0.25) is 14.5 Å². The fourth-order valence-corrected chi connectivity index (χ4v) is 3.76. The van der Waals surface area contributed by atoms with Crippen LogP contribution in [0.4, 0.5) is 0 Å². The van der Waals surface area contributed by atoms with Gasteiger partial charge in [-0.15, -0.1) is 0 Å². The van der Waals surface area contributed by atoms with Crippen molar-refractivity contribution in [2.45, 2.75) is 19.1 Å². The van der Waals surface area contributed by atoms with Gasteiger partial charge < -0.3 is 25.6 Å². The van der Waals surface area contributed by atoms with Gasteiger partial charge in [-0.2, -0.15) is 0 Å². The third-order valence-electron chi connectivity index (χ3n) is 5.38. The molecule has 29 heavy (non-hydrogen) atoms. The standard InChI is InChI=1S/C21H33N5O3/c27-20(29-17-18-4-2-1-3-5-18)16-26-13-6-19(21(26)28)25-14-11-23-9-7-22-8-10-24-12-15-25/h1-5,19,22-24H,6-17H2. The van der Waals surface area contributed by atoms with Gasteiger partial charge in [-0.1, -0.05) is 30.3 Å². The molecule has 1 aromatic rings. The molecule has 1 unspecified atom stereocenters. The van der Waals surface area contributed by atoms with Crippen molar-refractivity contribution in [2.75, 3.05) is 65.4 Å². The largest absolute Gasteiger partial charge is 0.459 e. The Balaban J connectivity index is 1.47. The summed E-state index contributed by atoms with van der Waals surface area (Å²) >= 11 is 0. The van der Waals surface area contributed by atoms with E-state index in [-0.39, 0.29) is 31.1 Å². The van der Waals surface area contributed by atoms with E-state index < -0.39 is 0 Å². The van der Waals surface area contributed by atoms with Gasteiger partial charge in [0.25, 0.3) is 0 Å². The molecule has 1 aromatic carbocycles. The van der Waals surface area contributed by atoms with Crippen LogP contribution in [0.15, 0.2) is 30.3 Å². The molecule has 3 rings (SSSR count). The predicted molar refractivity (Wildman–Crippen MR) is 111 cm³/mol. The number of hydrogen-bond acceptors (Lipinski definition) is 7. The maximum atomic E-state index is 12.9. The highest BCUT2D eigenvalue weighted by Crippen LogP contribution is 2.17. The first kappa shape index (κ1) is 21.7. The highest BCUT2D eigenvalue weighted by Gasteiger charge is 2.36. The van der Waals surface area contributed by atoms with Gasteiger partial charge in [0, 0.05) is 58.9 Å². The van der Waals surface area contributed by atoms with Gasteiger partial charge in [0.15, 0.2) is 0 Å². The van der Waals surface area contributed by atoms with Crippen LogP contribution in [0.3, 0.4) is 0 Å². The average Bonchev–Trinajstić information content (AvgIpc) is 3.08. The minimum atomic E-state index is -0.354. The fraction of sp³-hybridized carbons (Fsp3) is 0.619. The Hall–Kier alpha value is -2.00. The number of likely N-dealkylation sites (tertiary alicyclic amines) is 1. The summed E-state index contributed by atoms with van der Waals surface area (Å²) in [5, 5.41) is 10.2. The molecule has 8 nitrogen and oxygen atoms in total. The molecule has 0 radical (unpaired) electrons. The zero-order valence-electron chi connectivity index (χ0n) is 17.1. The van der Waals surface area contributed by atoms with E-state index in [4.69, 9.17) is 4.74 Å². The van der Waals surface area contributed by atoms with E-state index in [1.165, 1.54) is 0 Å². The molecule has 2 heterocycles. The minimum Gasteiger partial charge on any atom is -0.459 e. The van der Waals surface area contributed by atoms with Crippen LogP contribution >= 0.6 is 0 Å². The molecule has 2 fully saturated rings. The third kappa shape index (κ3) is 7.08. The lowest BCUT2D eigenvalue weighted by Gasteiger charge is -2.28. The normalized spacial score (nSPS) is 22.7. The summed E-state index contributed by atoms with van der Waals surface area (Å²) in [4.78, 5) is 29.0. The molecule has 0 bridgehead atoms. The molecule has 2 saturated heterocycles. The van der Waals surface area contributed by atoms with Crippen molar-refractivity contribution >= 4 is 11.9 Å². The summed E-state index contributed by atoms with van der Waals surface area (Å²) in [6, 6.07) is 9.43. The van der Waals surface area contributed by atoms with E-state index in [0.717, 1.165) is 64.3 Å².